The molecule has 1 aromatic carbocycles. The van der Waals surface area contributed by atoms with Crippen molar-refractivity contribution in [3.63, 3.8) is 0 Å². The number of hydrogen-bond acceptors (Lipinski definition) is 2. The monoisotopic (exact) mass is 351 g/mol. The van der Waals surface area contributed by atoms with Gasteiger partial charge in [0.2, 0.25) is 0 Å². The summed E-state index contributed by atoms with van der Waals surface area (Å²) in [6.45, 7) is 1.02. The van der Waals surface area contributed by atoms with Gasteiger partial charge in [-0.05, 0) is 56.2 Å². The number of nitrogens with one attached hydrogen (secondary N) is 1. The first-order valence-corrected chi connectivity index (χ1v) is 8.61. The number of benzene rings is 1. The molecule has 0 spiro atoms. The lowest BCUT2D eigenvalue weighted by Gasteiger charge is -2.29. The summed E-state index contributed by atoms with van der Waals surface area (Å²) >= 11 is 3.55. The van der Waals surface area contributed by atoms with Gasteiger partial charge in [0, 0.05) is 22.5 Å². The second-order valence-corrected chi connectivity index (χ2v) is 7.47. The third-order valence-electron chi connectivity index (χ3n) is 5.10. The minimum atomic E-state index is -0.624. The SMILES string of the molecule is O=C(O)C1CCC(NCC2(c3cccc(Br)c3)CC2)CC1. The Morgan fingerprint density at radius 3 is 2.57 bits per heavy atom. The van der Waals surface area contributed by atoms with Gasteiger partial charge in [-0.15, -0.1) is 0 Å². The van der Waals surface area contributed by atoms with Crippen molar-refractivity contribution in [1.82, 2.24) is 5.32 Å². The summed E-state index contributed by atoms with van der Waals surface area (Å²) in [6.07, 6.45) is 6.12. The van der Waals surface area contributed by atoms with Gasteiger partial charge in [0.25, 0.3) is 0 Å². The first kappa shape index (κ1) is 15.0. The Balaban J connectivity index is 1.53. The quantitative estimate of drug-likeness (QED) is 0.849. The normalized spacial score (nSPS) is 27.3. The Hall–Kier alpha value is -0.870. The van der Waals surface area contributed by atoms with E-state index in [2.05, 4.69) is 45.5 Å². The molecule has 0 aromatic heterocycles. The van der Waals surface area contributed by atoms with Gasteiger partial charge < -0.3 is 10.4 Å². The van der Waals surface area contributed by atoms with E-state index in [4.69, 9.17) is 5.11 Å². The molecule has 2 aliphatic rings. The van der Waals surface area contributed by atoms with E-state index in [9.17, 15) is 4.79 Å². The fraction of sp³-hybridized carbons (Fsp3) is 0.588. The predicted octanol–water partition coefficient (Wildman–Crippen LogP) is 3.71. The maximum Gasteiger partial charge on any atom is 0.306 e. The molecule has 0 radical (unpaired) electrons. The van der Waals surface area contributed by atoms with E-state index < -0.39 is 5.97 Å². The summed E-state index contributed by atoms with van der Waals surface area (Å²) in [7, 11) is 0. The largest absolute Gasteiger partial charge is 0.481 e. The maximum atomic E-state index is 11.0. The molecule has 2 N–H and O–H groups in total. The molecule has 0 bridgehead atoms. The zero-order chi connectivity index (χ0) is 14.9. The van der Waals surface area contributed by atoms with Crippen LogP contribution in [0.15, 0.2) is 28.7 Å². The van der Waals surface area contributed by atoms with E-state index in [-0.39, 0.29) is 5.92 Å². The number of carbonyl (C=O) groups is 1. The average Bonchev–Trinajstić information content (AvgIpc) is 3.27. The van der Waals surface area contributed by atoms with Gasteiger partial charge >= 0.3 is 5.97 Å². The van der Waals surface area contributed by atoms with Crippen LogP contribution in [0.1, 0.15) is 44.1 Å². The first-order chi connectivity index (χ1) is 10.1. The average molecular weight is 352 g/mol. The van der Waals surface area contributed by atoms with Crippen molar-refractivity contribution < 1.29 is 9.90 Å². The minimum Gasteiger partial charge on any atom is -0.481 e. The van der Waals surface area contributed by atoms with Crippen molar-refractivity contribution in [3.8, 4) is 0 Å². The maximum absolute atomic E-state index is 11.0. The van der Waals surface area contributed by atoms with Gasteiger partial charge in [-0.1, -0.05) is 28.1 Å². The van der Waals surface area contributed by atoms with E-state index in [1.165, 1.54) is 18.4 Å². The molecule has 4 heteroatoms. The number of rotatable bonds is 5. The van der Waals surface area contributed by atoms with Crippen molar-refractivity contribution in [1.29, 1.82) is 0 Å². The van der Waals surface area contributed by atoms with E-state index >= 15 is 0 Å². The molecular formula is C17H22BrNO2. The number of aliphatic carboxylic acids is 1. The molecule has 0 atom stereocenters. The molecule has 114 valence electrons. The highest BCUT2D eigenvalue weighted by Crippen LogP contribution is 2.48. The van der Waals surface area contributed by atoms with Crippen molar-refractivity contribution in [2.75, 3.05) is 6.54 Å². The van der Waals surface area contributed by atoms with Gasteiger partial charge in [0.15, 0.2) is 0 Å². The molecule has 0 aliphatic heterocycles. The standard InChI is InChI=1S/C17H22BrNO2/c18-14-3-1-2-13(10-14)17(8-9-17)11-19-15-6-4-12(5-7-15)16(20)21/h1-3,10,12,15,19H,4-9,11H2,(H,20,21). The lowest BCUT2D eigenvalue weighted by atomic mass is 9.85. The summed E-state index contributed by atoms with van der Waals surface area (Å²) in [5.41, 5.74) is 1.73. The summed E-state index contributed by atoms with van der Waals surface area (Å²) in [5, 5.41) is 12.7. The molecule has 3 rings (SSSR count). The van der Waals surface area contributed by atoms with E-state index in [0.717, 1.165) is 36.7 Å². The number of halogens is 1. The van der Waals surface area contributed by atoms with E-state index in [1.54, 1.807) is 0 Å². The smallest absolute Gasteiger partial charge is 0.306 e. The third kappa shape index (κ3) is 3.49. The van der Waals surface area contributed by atoms with Crippen LogP contribution in [-0.2, 0) is 10.2 Å². The van der Waals surface area contributed by atoms with Gasteiger partial charge in [-0.2, -0.15) is 0 Å². The number of hydrogen-bond donors (Lipinski definition) is 2. The Morgan fingerprint density at radius 2 is 2.00 bits per heavy atom. The summed E-state index contributed by atoms with van der Waals surface area (Å²) in [5.74, 6) is -0.746. The second kappa shape index (κ2) is 6.09. The van der Waals surface area contributed by atoms with Crippen LogP contribution in [0.5, 0.6) is 0 Å². The molecule has 0 amide bonds. The van der Waals surface area contributed by atoms with Crippen LogP contribution >= 0.6 is 15.9 Å². The highest BCUT2D eigenvalue weighted by molar-refractivity contribution is 9.10. The lowest BCUT2D eigenvalue weighted by Crippen LogP contribution is -2.39. The van der Waals surface area contributed by atoms with Gasteiger partial charge in [0.1, 0.15) is 0 Å². The first-order valence-electron chi connectivity index (χ1n) is 7.81. The Kier molecular flexibility index (Phi) is 4.36. The van der Waals surface area contributed by atoms with Crippen molar-refractivity contribution in [2.45, 2.75) is 50.0 Å². The van der Waals surface area contributed by atoms with Gasteiger partial charge in [-0.25, -0.2) is 0 Å². The Morgan fingerprint density at radius 1 is 1.29 bits per heavy atom. The van der Waals surface area contributed by atoms with Crippen LogP contribution in [-0.4, -0.2) is 23.7 Å². The topological polar surface area (TPSA) is 49.3 Å². The summed E-state index contributed by atoms with van der Waals surface area (Å²) in [4.78, 5) is 11.0. The Labute approximate surface area is 134 Å². The van der Waals surface area contributed by atoms with E-state index in [0.29, 0.717) is 11.5 Å². The summed E-state index contributed by atoms with van der Waals surface area (Å²) in [6, 6.07) is 9.12. The van der Waals surface area contributed by atoms with E-state index in [1.807, 2.05) is 0 Å². The number of carboxylic acid groups (broad SMARTS) is 1. The molecule has 3 nitrogen and oxygen atoms in total. The van der Waals surface area contributed by atoms with Crippen molar-refractivity contribution in [2.24, 2.45) is 5.92 Å². The van der Waals surface area contributed by atoms with Crippen LogP contribution in [0.2, 0.25) is 0 Å². The molecule has 0 heterocycles. The molecule has 21 heavy (non-hydrogen) atoms. The van der Waals surface area contributed by atoms with Crippen LogP contribution in [0.25, 0.3) is 0 Å². The molecule has 1 aromatic rings. The van der Waals surface area contributed by atoms with Crippen LogP contribution in [0.4, 0.5) is 0 Å². The van der Waals surface area contributed by atoms with Crippen LogP contribution < -0.4 is 5.32 Å². The highest BCUT2D eigenvalue weighted by atomic mass is 79.9. The highest BCUT2D eigenvalue weighted by Gasteiger charge is 2.44. The second-order valence-electron chi connectivity index (χ2n) is 6.56. The summed E-state index contributed by atoms with van der Waals surface area (Å²) < 4.78 is 1.15. The molecular weight excluding hydrogens is 330 g/mol. The van der Waals surface area contributed by atoms with Crippen LogP contribution in [0, 0.1) is 5.92 Å². The molecule has 2 aliphatic carbocycles. The third-order valence-corrected chi connectivity index (χ3v) is 5.59. The lowest BCUT2D eigenvalue weighted by molar-refractivity contribution is -0.142. The number of carboxylic acids is 1. The predicted molar refractivity (Wildman–Crippen MR) is 86.4 cm³/mol. The van der Waals surface area contributed by atoms with Gasteiger partial charge in [-0.3, -0.25) is 4.79 Å². The fourth-order valence-corrected chi connectivity index (χ4v) is 3.82. The van der Waals surface area contributed by atoms with Crippen LogP contribution in [0.3, 0.4) is 0 Å². The van der Waals surface area contributed by atoms with Crippen molar-refractivity contribution in [3.05, 3.63) is 34.3 Å². The van der Waals surface area contributed by atoms with Gasteiger partial charge in [0.05, 0.1) is 5.92 Å². The molecule has 0 unspecified atom stereocenters. The van der Waals surface area contributed by atoms with Crippen molar-refractivity contribution >= 4 is 21.9 Å². The molecule has 2 saturated carbocycles. The molecule has 0 saturated heterocycles. The zero-order valence-electron chi connectivity index (χ0n) is 12.1. The minimum absolute atomic E-state index is 0.122. The molecule has 2 fully saturated rings. The Bertz CT molecular complexity index is 519. The fourth-order valence-electron chi connectivity index (χ4n) is 3.42. The zero-order valence-corrected chi connectivity index (χ0v) is 13.7.